The van der Waals surface area contributed by atoms with Crippen LogP contribution in [0.1, 0.15) is 50.1 Å². The van der Waals surface area contributed by atoms with E-state index in [1.165, 1.54) is 49.7 Å². The van der Waals surface area contributed by atoms with E-state index in [2.05, 4.69) is 11.0 Å². The molecule has 1 spiro atoms. The highest BCUT2D eigenvalue weighted by Gasteiger charge is 2.38. The van der Waals surface area contributed by atoms with Gasteiger partial charge in [0, 0.05) is 43.4 Å². The van der Waals surface area contributed by atoms with Crippen molar-refractivity contribution < 1.29 is 4.74 Å². The number of rotatable bonds is 2. The molecule has 122 valence electrons. The second-order valence-corrected chi connectivity index (χ2v) is 7.61. The third-order valence-corrected chi connectivity index (χ3v) is 5.75. The van der Waals surface area contributed by atoms with Gasteiger partial charge in [0.05, 0.1) is 12.3 Å². The summed E-state index contributed by atoms with van der Waals surface area (Å²) in [5.41, 5.74) is 2.75. The molecule has 1 atom stereocenters. The highest BCUT2D eigenvalue weighted by Crippen LogP contribution is 2.42. The van der Waals surface area contributed by atoms with Gasteiger partial charge in [-0.1, -0.05) is 0 Å². The summed E-state index contributed by atoms with van der Waals surface area (Å²) in [5.74, 6) is 1.79. The lowest BCUT2D eigenvalue weighted by Crippen LogP contribution is -2.48. The average molecular weight is 312 g/mol. The van der Waals surface area contributed by atoms with Crippen LogP contribution < -0.4 is 4.90 Å². The monoisotopic (exact) mass is 312 g/mol. The molecule has 1 unspecified atom stereocenters. The van der Waals surface area contributed by atoms with E-state index < -0.39 is 0 Å². The normalized spacial score (nSPS) is 28.6. The van der Waals surface area contributed by atoms with Crippen molar-refractivity contribution in [2.24, 2.45) is 5.41 Å². The molecule has 5 nitrogen and oxygen atoms in total. The van der Waals surface area contributed by atoms with E-state index in [4.69, 9.17) is 14.8 Å². The van der Waals surface area contributed by atoms with Crippen LogP contribution in [0.25, 0.3) is 5.52 Å². The van der Waals surface area contributed by atoms with Crippen LogP contribution in [0.15, 0.2) is 18.5 Å². The summed E-state index contributed by atoms with van der Waals surface area (Å²) in [5, 5.41) is 4.76. The lowest BCUT2D eigenvalue weighted by Gasteiger charge is -2.45. The van der Waals surface area contributed by atoms with Gasteiger partial charge in [-0.15, -0.1) is 0 Å². The van der Waals surface area contributed by atoms with Gasteiger partial charge in [-0.3, -0.25) is 0 Å². The summed E-state index contributed by atoms with van der Waals surface area (Å²) in [4.78, 5) is 7.20. The maximum Gasteiger partial charge on any atom is 0.154 e. The Bertz CT molecular complexity index is 709. The first-order chi connectivity index (χ1) is 11.3. The number of fused-ring (bicyclic) bond motifs is 1. The van der Waals surface area contributed by atoms with Gasteiger partial charge in [-0.05, 0) is 44.6 Å². The molecule has 5 rings (SSSR count). The fraction of sp³-hybridized carbons (Fsp3) is 0.667. The van der Waals surface area contributed by atoms with Crippen LogP contribution >= 0.6 is 0 Å². The van der Waals surface area contributed by atoms with Gasteiger partial charge in [0.25, 0.3) is 0 Å². The Balaban J connectivity index is 1.49. The number of hydrogen-bond acceptors (Lipinski definition) is 4. The summed E-state index contributed by atoms with van der Waals surface area (Å²) < 4.78 is 7.84. The van der Waals surface area contributed by atoms with Crippen molar-refractivity contribution in [2.45, 2.75) is 44.4 Å². The van der Waals surface area contributed by atoms with Crippen molar-refractivity contribution in [2.75, 3.05) is 31.2 Å². The van der Waals surface area contributed by atoms with Gasteiger partial charge in [0.15, 0.2) is 5.82 Å². The Labute approximate surface area is 136 Å². The fourth-order valence-electron chi connectivity index (χ4n) is 4.37. The summed E-state index contributed by atoms with van der Waals surface area (Å²) in [6.07, 6.45) is 11.5. The van der Waals surface area contributed by atoms with Gasteiger partial charge in [-0.2, -0.15) is 5.10 Å². The molecule has 2 aliphatic heterocycles. The van der Waals surface area contributed by atoms with Gasteiger partial charge in [0.1, 0.15) is 5.52 Å². The molecule has 23 heavy (non-hydrogen) atoms. The molecule has 5 heteroatoms. The van der Waals surface area contributed by atoms with Gasteiger partial charge in [0.2, 0.25) is 0 Å². The van der Waals surface area contributed by atoms with Crippen molar-refractivity contribution in [1.29, 1.82) is 0 Å². The predicted octanol–water partition coefficient (Wildman–Crippen LogP) is 3.00. The molecule has 0 amide bonds. The number of aromatic nitrogens is 3. The van der Waals surface area contributed by atoms with Crippen molar-refractivity contribution in [3.63, 3.8) is 0 Å². The van der Waals surface area contributed by atoms with Crippen molar-refractivity contribution in [1.82, 2.24) is 14.6 Å². The number of nitrogens with zero attached hydrogens (tertiary/aromatic N) is 4. The van der Waals surface area contributed by atoms with Crippen molar-refractivity contribution >= 4 is 11.3 Å². The lowest BCUT2D eigenvalue weighted by molar-refractivity contribution is -0.0150. The molecule has 2 saturated heterocycles. The van der Waals surface area contributed by atoms with Crippen LogP contribution in [0.3, 0.4) is 0 Å². The third-order valence-electron chi connectivity index (χ3n) is 5.75. The van der Waals surface area contributed by atoms with Crippen LogP contribution in [0, 0.1) is 5.41 Å². The summed E-state index contributed by atoms with van der Waals surface area (Å²) >= 11 is 0. The highest BCUT2D eigenvalue weighted by atomic mass is 16.5. The smallest absolute Gasteiger partial charge is 0.154 e. The number of piperidine rings is 1. The van der Waals surface area contributed by atoms with E-state index >= 15 is 0 Å². The number of hydrogen-bond donors (Lipinski definition) is 0. The zero-order chi connectivity index (χ0) is 15.3. The molecule has 0 radical (unpaired) electrons. The van der Waals surface area contributed by atoms with Gasteiger partial charge in [-0.25, -0.2) is 9.50 Å². The highest BCUT2D eigenvalue weighted by molar-refractivity contribution is 5.69. The average Bonchev–Trinajstić information content (AvgIpc) is 3.34. The second kappa shape index (κ2) is 5.20. The minimum absolute atomic E-state index is 0.338. The number of anilines is 1. The number of ether oxygens (including phenoxy) is 1. The minimum Gasteiger partial charge on any atom is -0.381 e. The molecule has 1 aliphatic carbocycles. The zero-order valence-corrected chi connectivity index (χ0v) is 13.6. The molecular formula is C18H24N4O. The van der Waals surface area contributed by atoms with E-state index in [1.54, 1.807) is 0 Å². The molecule has 1 saturated carbocycles. The van der Waals surface area contributed by atoms with Crippen LogP contribution in [0.2, 0.25) is 0 Å². The molecule has 0 aromatic carbocycles. The van der Waals surface area contributed by atoms with E-state index in [9.17, 15) is 0 Å². The maximum atomic E-state index is 5.81. The maximum absolute atomic E-state index is 5.81. The predicted molar refractivity (Wildman–Crippen MR) is 88.9 cm³/mol. The van der Waals surface area contributed by atoms with Crippen LogP contribution in [-0.4, -0.2) is 40.9 Å². The zero-order valence-electron chi connectivity index (χ0n) is 13.6. The molecular weight excluding hydrogens is 288 g/mol. The SMILES string of the molecule is c1cn2nc(C3CC3)cc2c(N2CCCC3(CCCOC3)C2)n1. The summed E-state index contributed by atoms with van der Waals surface area (Å²) in [6.45, 7) is 4.02. The van der Waals surface area contributed by atoms with Crippen molar-refractivity contribution in [3.05, 3.63) is 24.2 Å². The van der Waals surface area contributed by atoms with E-state index in [-0.39, 0.29) is 0 Å². The van der Waals surface area contributed by atoms with E-state index in [0.717, 1.165) is 32.1 Å². The topological polar surface area (TPSA) is 42.7 Å². The largest absolute Gasteiger partial charge is 0.381 e. The molecule has 2 aromatic heterocycles. The molecule has 3 aliphatic rings. The van der Waals surface area contributed by atoms with Crippen molar-refractivity contribution in [3.8, 4) is 0 Å². The van der Waals surface area contributed by atoms with Crippen LogP contribution in [0.5, 0.6) is 0 Å². The quantitative estimate of drug-likeness (QED) is 0.855. The van der Waals surface area contributed by atoms with Gasteiger partial charge >= 0.3 is 0 Å². The molecule has 0 N–H and O–H groups in total. The Morgan fingerprint density at radius 1 is 1.22 bits per heavy atom. The molecule has 2 aromatic rings. The Hall–Kier alpha value is -1.62. The third kappa shape index (κ3) is 2.42. The fourth-order valence-corrected chi connectivity index (χ4v) is 4.37. The van der Waals surface area contributed by atoms with Gasteiger partial charge < -0.3 is 9.64 Å². The molecule has 3 fully saturated rings. The summed E-state index contributed by atoms with van der Waals surface area (Å²) in [7, 11) is 0. The Morgan fingerprint density at radius 3 is 2.96 bits per heavy atom. The standard InChI is InChI=1S/C18H24N4O/c1-5-18(6-2-10-23-13-18)12-21(8-1)17-16-11-15(14-3-4-14)20-22(16)9-7-19-17/h7,9,11,14H,1-6,8,10,12-13H2. The van der Waals surface area contributed by atoms with Crippen LogP contribution in [-0.2, 0) is 4.74 Å². The Kier molecular flexibility index (Phi) is 3.11. The second-order valence-electron chi connectivity index (χ2n) is 7.61. The first-order valence-corrected chi connectivity index (χ1v) is 9.00. The molecule has 4 heterocycles. The molecule has 0 bridgehead atoms. The lowest BCUT2D eigenvalue weighted by atomic mass is 9.76. The first kappa shape index (κ1) is 13.8. The van der Waals surface area contributed by atoms with E-state index in [0.29, 0.717) is 11.3 Å². The minimum atomic E-state index is 0.338. The first-order valence-electron chi connectivity index (χ1n) is 9.00. The van der Waals surface area contributed by atoms with E-state index in [1.807, 2.05) is 16.9 Å². The Morgan fingerprint density at radius 2 is 2.13 bits per heavy atom. The van der Waals surface area contributed by atoms with Crippen LogP contribution in [0.4, 0.5) is 5.82 Å². The summed E-state index contributed by atoms with van der Waals surface area (Å²) in [6, 6.07) is 2.26.